The van der Waals surface area contributed by atoms with Gasteiger partial charge in [0.15, 0.2) is 0 Å². The van der Waals surface area contributed by atoms with Crippen molar-refractivity contribution in [3.8, 4) is 6.07 Å². The number of hydroxylamine groups is 2. The van der Waals surface area contributed by atoms with Crippen LogP contribution in [-0.4, -0.2) is 42.9 Å². The molecule has 5 nitrogen and oxygen atoms in total. The molecule has 0 aromatic heterocycles. The molecule has 0 aromatic carbocycles. The Kier molecular flexibility index (Phi) is 3.47. The van der Waals surface area contributed by atoms with Gasteiger partial charge in [-0.3, -0.25) is 0 Å². The summed E-state index contributed by atoms with van der Waals surface area (Å²) in [5, 5.41) is 10.7. The summed E-state index contributed by atoms with van der Waals surface area (Å²) in [6, 6.07) is 1.49. The van der Waals surface area contributed by atoms with E-state index >= 15 is 0 Å². The van der Waals surface area contributed by atoms with Gasteiger partial charge >= 0.3 is 6.03 Å². The topological polar surface area (TPSA) is 56.6 Å². The van der Waals surface area contributed by atoms with Crippen LogP contribution in [-0.2, 0) is 4.53 Å². The Labute approximate surface area is 121 Å². The molecule has 2 heterocycles. The maximum Gasteiger partial charge on any atom is 0.345 e. The molecule has 0 unspecified atom stereocenters. The van der Waals surface area contributed by atoms with Crippen molar-refractivity contribution < 1.29 is 9.32 Å². The fraction of sp³-hybridized carbons (Fsp3) is 0.714. The van der Waals surface area contributed by atoms with Gasteiger partial charge in [0, 0.05) is 0 Å². The van der Waals surface area contributed by atoms with Crippen molar-refractivity contribution in [3.05, 3.63) is 11.6 Å². The van der Waals surface area contributed by atoms with Crippen LogP contribution in [0.3, 0.4) is 0 Å². The average molecular weight is 293 g/mol. The van der Waals surface area contributed by atoms with Crippen LogP contribution in [0.2, 0.25) is 18.1 Å². The van der Waals surface area contributed by atoms with Crippen molar-refractivity contribution >= 4 is 14.3 Å². The molecule has 1 saturated heterocycles. The number of urea groups is 1. The summed E-state index contributed by atoms with van der Waals surface area (Å²) in [6.45, 7) is 13.1. The van der Waals surface area contributed by atoms with Crippen LogP contribution < -0.4 is 0 Å². The number of rotatable bonds is 2. The van der Waals surface area contributed by atoms with Crippen molar-refractivity contribution in [3.63, 3.8) is 0 Å². The quantitative estimate of drug-likeness (QED) is 0.581. The van der Waals surface area contributed by atoms with E-state index in [1.807, 2.05) is 13.0 Å². The minimum Gasteiger partial charge on any atom is -0.315 e. The SMILES string of the molecule is CC1=C[C@@H]2CN(C(=O)N2O[Si](C)(C)C(C)(C)C)[C@@H]1C#N. The number of hydrogen-bond acceptors (Lipinski definition) is 3. The molecular weight excluding hydrogens is 270 g/mol. The normalized spacial score (nSPS) is 26.6. The van der Waals surface area contributed by atoms with Crippen LogP contribution in [0.1, 0.15) is 27.7 Å². The number of carbonyl (C=O) groups is 1. The van der Waals surface area contributed by atoms with Gasteiger partial charge in [-0.15, -0.1) is 0 Å². The molecule has 110 valence electrons. The molecule has 0 saturated carbocycles. The first-order valence-electron chi connectivity index (χ1n) is 6.95. The lowest BCUT2D eigenvalue weighted by atomic mass is 10.0. The average Bonchev–Trinajstić information content (AvgIpc) is 2.54. The number of carbonyl (C=O) groups excluding carboxylic acids is 1. The van der Waals surface area contributed by atoms with E-state index in [9.17, 15) is 10.1 Å². The van der Waals surface area contributed by atoms with Crippen LogP contribution >= 0.6 is 0 Å². The predicted molar refractivity (Wildman–Crippen MR) is 79.2 cm³/mol. The number of hydrogen-bond donors (Lipinski definition) is 0. The predicted octanol–water partition coefficient (Wildman–Crippen LogP) is 2.88. The molecular formula is C14H23N3O2Si. The lowest BCUT2D eigenvalue weighted by Crippen LogP contribution is -2.49. The third kappa shape index (κ3) is 2.25. The first kappa shape index (κ1) is 15.1. The second kappa shape index (κ2) is 4.60. The van der Waals surface area contributed by atoms with Gasteiger partial charge in [0.05, 0.1) is 18.7 Å². The van der Waals surface area contributed by atoms with E-state index in [2.05, 4.69) is 39.9 Å². The molecule has 2 atom stereocenters. The first-order valence-corrected chi connectivity index (χ1v) is 9.86. The van der Waals surface area contributed by atoms with Gasteiger partial charge in [-0.1, -0.05) is 26.8 Å². The van der Waals surface area contributed by atoms with Crippen molar-refractivity contribution in [2.45, 2.75) is 57.9 Å². The van der Waals surface area contributed by atoms with E-state index in [0.29, 0.717) is 6.54 Å². The van der Waals surface area contributed by atoms with E-state index in [-0.39, 0.29) is 17.1 Å². The third-order valence-corrected chi connectivity index (χ3v) is 8.84. The van der Waals surface area contributed by atoms with E-state index in [0.717, 1.165) is 5.57 Å². The molecule has 0 aliphatic carbocycles. The third-order valence-electron chi connectivity index (χ3n) is 4.57. The standard InChI is InChI=1S/C14H23N3O2Si/c1-10-7-11-9-16(12(10)8-15)13(18)17(11)19-20(5,6)14(2,3)4/h7,11-12H,9H2,1-6H3/t11-,12-/m1/s1. The fourth-order valence-electron chi connectivity index (χ4n) is 2.26. The largest absolute Gasteiger partial charge is 0.345 e. The van der Waals surface area contributed by atoms with E-state index in [4.69, 9.17) is 4.53 Å². The minimum absolute atomic E-state index is 0.0344. The summed E-state index contributed by atoms with van der Waals surface area (Å²) in [6.07, 6.45) is 1.99. The summed E-state index contributed by atoms with van der Waals surface area (Å²) >= 11 is 0. The first-order chi connectivity index (χ1) is 9.08. The van der Waals surface area contributed by atoms with E-state index in [1.165, 1.54) is 5.06 Å². The summed E-state index contributed by atoms with van der Waals surface area (Å²) in [7, 11) is -2.06. The summed E-state index contributed by atoms with van der Waals surface area (Å²) in [5.41, 5.74) is 0.929. The number of fused-ring (bicyclic) bond motifs is 2. The Balaban J connectivity index is 2.25. The minimum atomic E-state index is -2.06. The molecule has 1 fully saturated rings. The van der Waals surface area contributed by atoms with Gasteiger partial charge in [-0.05, 0) is 30.6 Å². The van der Waals surface area contributed by atoms with Crippen LogP contribution in [0.4, 0.5) is 4.79 Å². The molecule has 2 bridgehead atoms. The zero-order valence-corrected chi connectivity index (χ0v) is 14.1. The van der Waals surface area contributed by atoms with E-state index < -0.39 is 14.4 Å². The van der Waals surface area contributed by atoms with E-state index in [1.54, 1.807) is 4.90 Å². The van der Waals surface area contributed by atoms with Gasteiger partial charge in [0.1, 0.15) is 6.04 Å². The maximum atomic E-state index is 12.5. The molecule has 0 N–H and O–H groups in total. The molecule has 6 heteroatoms. The number of amides is 2. The molecule has 0 spiro atoms. The number of nitrogens with zero attached hydrogens (tertiary/aromatic N) is 3. The second-order valence-electron chi connectivity index (χ2n) is 7.12. The Morgan fingerprint density at radius 2 is 2.05 bits per heavy atom. The molecule has 20 heavy (non-hydrogen) atoms. The number of nitriles is 1. The lowest BCUT2D eigenvalue weighted by molar-refractivity contribution is -0.0295. The van der Waals surface area contributed by atoms with Crippen molar-refractivity contribution in [1.82, 2.24) is 9.96 Å². The second-order valence-corrected chi connectivity index (χ2v) is 11.8. The van der Waals surface area contributed by atoms with Crippen LogP contribution in [0.5, 0.6) is 0 Å². The van der Waals surface area contributed by atoms with Crippen molar-refractivity contribution in [2.24, 2.45) is 0 Å². The summed E-state index contributed by atoms with van der Waals surface area (Å²) in [5.74, 6) is 0. The molecule has 0 radical (unpaired) electrons. The highest BCUT2D eigenvalue weighted by atomic mass is 28.4. The van der Waals surface area contributed by atoms with Gasteiger partial charge in [-0.25, -0.2) is 9.86 Å². The zero-order valence-electron chi connectivity index (χ0n) is 13.1. The van der Waals surface area contributed by atoms with Gasteiger partial charge in [0.25, 0.3) is 0 Å². The van der Waals surface area contributed by atoms with Gasteiger partial charge in [-0.2, -0.15) is 5.26 Å². The summed E-state index contributed by atoms with van der Waals surface area (Å²) in [4.78, 5) is 14.1. The Hall–Kier alpha value is -1.32. The summed E-state index contributed by atoms with van der Waals surface area (Å²) < 4.78 is 6.16. The van der Waals surface area contributed by atoms with Gasteiger partial charge in [0.2, 0.25) is 8.32 Å². The maximum absolute atomic E-state index is 12.5. The monoisotopic (exact) mass is 293 g/mol. The highest BCUT2D eigenvalue weighted by Crippen LogP contribution is 2.39. The van der Waals surface area contributed by atoms with Crippen molar-refractivity contribution in [1.29, 1.82) is 5.26 Å². The van der Waals surface area contributed by atoms with Gasteiger partial charge < -0.3 is 9.43 Å². The van der Waals surface area contributed by atoms with Crippen molar-refractivity contribution in [2.75, 3.05) is 6.54 Å². The molecule has 0 aromatic rings. The molecule has 2 aliphatic heterocycles. The zero-order chi connectivity index (χ0) is 15.3. The Morgan fingerprint density at radius 3 is 2.55 bits per heavy atom. The van der Waals surface area contributed by atoms with Crippen LogP contribution in [0.25, 0.3) is 0 Å². The molecule has 2 aliphatic rings. The Morgan fingerprint density at radius 1 is 1.45 bits per heavy atom. The lowest BCUT2D eigenvalue weighted by Gasteiger charge is -2.39. The van der Waals surface area contributed by atoms with Crippen LogP contribution in [0, 0.1) is 11.3 Å². The molecule has 2 amide bonds. The molecule has 2 rings (SSSR count). The highest BCUT2D eigenvalue weighted by Gasteiger charge is 2.49. The Bertz CT molecular complexity index is 502. The highest BCUT2D eigenvalue weighted by molar-refractivity contribution is 6.74. The van der Waals surface area contributed by atoms with Crippen LogP contribution in [0.15, 0.2) is 11.6 Å². The fourth-order valence-corrected chi connectivity index (χ4v) is 3.24. The smallest absolute Gasteiger partial charge is 0.315 e.